The molecule has 0 spiro atoms. The fraction of sp³-hybridized carbons (Fsp3) is 0.333. The number of aliphatic hydroxyl groups is 1. The fourth-order valence-corrected chi connectivity index (χ4v) is 1.88. The molecule has 1 aromatic rings. The smallest absolute Gasteiger partial charge is 0.391 e. The molecule has 12 heavy (non-hydrogen) atoms. The lowest BCUT2D eigenvalue weighted by Crippen LogP contribution is -2.01. The first-order chi connectivity index (χ1) is 5.45. The molecule has 0 atom stereocenters. The van der Waals surface area contributed by atoms with E-state index in [2.05, 4.69) is 0 Å². The lowest BCUT2D eigenvalue weighted by Gasteiger charge is -2.01. The summed E-state index contributed by atoms with van der Waals surface area (Å²) in [6.07, 6.45) is -4.42. The van der Waals surface area contributed by atoms with Gasteiger partial charge in [0.2, 0.25) is 0 Å². The summed E-state index contributed by atoms with van der Waals surface area (Å²) in [5.74, 6) is 0. The Morgan fingerprint density at radius 3 is 2.33 bits per heavy atom. The molecule has 0 radical (unpaired) electrons. The molecule has 0 saturated carbocycles. The van der Waals surface area contributed by atoms with Crippen LogP contribution in [0.15, 0.2) is 6.07 Å². The van der Waals surface area contributed by atoms with Crippen molar-refractivity contribution in [3.05, 3.63) is 20.8 Å². The van der Waals surface area contributed by atoms with Crippen molar-refractivity contribution < 1.29 is 18.3 Å². The van der Waals surface area contributed by atoms with Gasteiger partial charge < -0.3 is 5.11 Å². The molecule has 6 heteroatoms. The van der Waals surface area contributed by atoms with Gasteiger partial charge in [-0.2, -0.15) is 13.2 Å². The Morgan fingerprint density at radius 1 is 1.50 bits per heavy atom. The SMILES string of the molecule is OCc1cc(Cl)c(C(F)(F)F)s1. The third kappa shape index (κ3) is 1.91. The second kappa shape index (κ2) is 3.24. The lowest BCUT2D eigenvalue weighted by molar-refractivity contribution is -0.134. The van der Waals surface area contributed by atoms with Crippen molar-refractivity contribution in [3.63, 3.8) is 0 Å². The van der Waals surface area contributed by atoms with E-state index >= 15 is 0 Å². The van der Waals surface area contributed by atoms with E-state index in [0.29, 0.717) is 11.3 Å². The molecular weight excluding hydrogens is 213 g/mol. The van der Waals surface area contributed by atoms with Gasteiger partial charge in [0, 0.05) is 4.88 Å². The van der Waals surface area contributed by atoms with Gasteiger partial charge >= 0.3 is 6.18 Å². The predicted molar refractivity (Wildman–Crippen MR) is 40.3 cm³/mol. The molecule has 0 aliphatic heterocycles. The van der Waals surface area contributed by atoms with Crippen LogP contribution in [0.1, 0.15) is 9.75 Å². The van der Waals surface area contributed by atoms with Gasteiger partial charge in [-0.15, -0.1) is 11.3 Å². The number of hydrogen-bond acceptors (Lipinski definition) is 2. The number of thiophene rings is 1. The molecule has 0 aliphatic rings. The quantitative estimate of drug-likeness (QED) is 0.765. The van der Waals surface area contributed by atoms with Crippen LogP contribution < -0.4 is 0 Å². The first-order valence-corrected chi connectivity index (χ1v) is 4.11. The Bertz CT molecular complexity index is 281. The van der Waals surface area contributed by atoms with E-state index in [1.54, 1.807) is 0 Å². The van der Waals surface area contributed by atoms with Crippen molar-refractivity contribution in [3.8, 4) is 0 Å². The summed E-state index contributed by atoms with van der Waals surface area (Å²) < 4.78 is 36.1. The molecule has 0 fully saturated rings. The molecule has 0 bridgehead atoms. The lowest BCUT2D eigenvalue weighted by atomic mass is 10.4. The van der Waals surface area contributed by atoms with Gasteiger partial charge in [0.15, 0.2) is 0 Å². The molecule has 1 rings (SSSR count). The highest BCUT2D eigenvalue weighted by molar-refractivity contribution is 7.12. The Kier molecular flexibility index (Phi) is 2.65. The first-order valence-electron chi connectivity index (χ1n) is 2.91. The summed E-state index contributed by atoms with van der Waals surface area (Å²) in [6, 6.07) is 1.12. The van der Waals surface area contributed by atoms with Crippen LogP contribution in [-0.2, 0) is 12.8 Å². The summed E-state index contributed by atoms with van der Waals surface area (Å²) in [4.78, 5) is -0.638. The number of rotatable bonds is 1. The van der Waals surface area contributed by atoms with Crippen LogP contribution in [0.3, 0.4) is 0 Å². The normalized spacial score (nSPS) is 12.1. The van der Waals surface area contributed by atoms with Crippen LogP contribution in [0.5, 0.6) is 0 Å². The molecule has 1 heterocycles. The summed E-state index contributed by atoms with van der Waals surface area (Å²) >= 11 is 5.75. The van der Waals surface area contributed by atoms with E-state index in [-0.39, 0.29) is 9.90 Å². The third-order valence-electron chi connectivity index (χ3n) is 1.15. The average Bonchev–Trinajstić information content (AvgIpc) is 2.29. The summed E-state index contributed by atoms with van der Waals surface area (Å²) in [6.45, 7) is -0.416. The van der Waals surface area contributed by atoms with Crippen molar-refractivity contribution in [2.75, 3.05) is 0 Å². The molecule has 68 valence electrons. The topological polar surface area (TPSA) is 20.2 Å². The zero-order valence-electron chi connectivity index (χ0n) is 5.65. The van der Waals surface area contributed by atoms with Gasteiger partial charge in [-0.3, -0.25) is 0 Å². The van der Waals surface area contributed by atoms with E-state index in [1.165, 1.54) is 0 Å². The molecular formula is C6H4ClF3OS. The highest BCUT2D eigenvalue weighted by Crippen LogP contribution is 2.40. The van der Waals surface area contributed by atoms with Crippen LogP contribution in [0.4, 0.5) is 13.2 Å². The third-order valence-corrected chi connectivity index (χ3v) is 2.73. The molecule has 0 aliphatic carbocycles. The Balaban J connectivity index is 3.08. The molecule has 0 saturated heterocycles. The maximum absolute atomic E-state index is 12.0. The van der Waals surface area contributed by atoms with Gasteiger partial charge in [0.25, 0.3) is 0 Å². The van der Waals surface area contributed by atoms with Crippen LogP contribution in [0.2, 0.25) is 5.02 Å². The Labute approximate surface area is 75.4 Å². The molecule has 0 aromatic carbocycles. The van der Waals surface area contributed by atoms with Gasteiger partial charge in [0.05, 0.1) is 11.6 Å². The summed E-state index contributed by atoms with van der Waals surface area (Å²) in [5.41, 5.74) is 0. The van der Waals surface area contributed by atoms with Gasteiger partial charge in [0.1, 0.15) is 4.88 Å². The summed E-state index contributed by atoms with van der Waals surface area (Å²) in [7, 11) is 0. The van der Waals surface area contributed by atoms with E-state index in [9.17, 15) is 13.2 Å². The molecule has 1 nitrogen and oxygen atoms in total. The number of hydrogen-bond donors (Lipinski definition) is 1. The standard InChI is InChI=1S/C6H4ClF3OS/c7-4-1-3(2-11)12-5(4)6(8,9)10/h1,11H,2H2. The van der Waals surface area contributed by atoms with Crippen molar-refractivity contribution >= 4 is 22.9 Å². The summed E-state index contributed by atoms with van der Waals surface area (Å²) in [5, 5.41) is 8.18. The minimum absolute atomic E-state index is 0.215. The zero-order valence-corrected chi connectivity index (χ0v) is 7.22. The maximum Gasteiger partial charge on any atom is 0.427 e. The van der Waals surface area contributed by atoms with E-state index in [0.717, 1.165) is 6.07 Å². The van der Waals surface area contributed by atoms with Gasteiger partial charge in [-0.05, 0) is 6.07 Å². The predicted octanol–water partition coefficient (Wildman–Crippen LogP) is 2.91. The zero-order chi connectivity index (χ0) is 9.35. The first kappa shape index (κ1) is 9.83. The van der Waals surface area contributed by atoms with E-state index in [1.807, 2.05) is 0 Å². The van der Waals surface area contributed by atoms with Gasteiger partial charge in [-0.25, -0.2) is 0 Å². The molecule has 1 aromatic heterocycles. The van der Waals surface area contributed by atoms with Crippen LogP contribution >= 0.6 is 22.9 Å². The Morgan fingerprint density at radius 2 is 2.08 bits per heavy atom. The van der Waals surface area contributed by atoms with Crippen molar-refractivity contribution in [2.45, 2.75) is 12.8 Å². The highest BCUT2D eigenvalue weighted by atomic mass is 35.5. The van der Waals surface area contributed by atoms with E-state index < -0.39 is 17.7 Å². The van der Waals surface area contributed by atoms with Crippen LogP contribution in [0.25, 0.3) is 0 Å². The largest absolute Gasteiger partial charge is 0.427 e. The maximum atomic E-state index is 12.0. The fourth-order valence-electron chi connectivity index (χ4n) is 0.687. The minimum Gasteiger partial charge on any atom is -0.391 e. The number of aliphatic hydroxyl groups excluding tert-OH is 1. The second-order valence-corrected chi connectivity index (χ2v) is 3.59. The molecule has 0 unspecified atom stereocenters. The van der Waals surface area contributed by atoms with Crippen LogP contribution in [-0.4, -0.2) is 5.11 Å². The molecule has 0 amide bonds. The number of alkyl halides is 3. The highest BCUT2D eigenvalue weighted by Gasteiger charge is 2.35. The van der Waals surface area contributed by atoms with Crippen molar-refractivity contribution in [1.29, 1.82) is 0 Å². The van der Waals surface area contributed by atoms with Crippen LogP contribution in [0, 0.1) is 0 Å². The second-order valence-electron chi connectivity index (χ2n) is 2.05. The van der Waals surface area contributed by atoms with Crippen molar-refractivity contribution in [1.82, 2.24) is 0 Å². The number of halogens is 4. The monoisotopic (exact) mass is 216 g/mol. The van der Waals surface area contributed by atoms with Crippen molar-refractivity contribution in [2.24, 2.45) is 0 Å². The minimum atomic E-state index is -4.42. The average molecular weight is 217 g/mol. The van der Waals surface area contributed by atoms with Gasteiger partial charge in [-0.1, -0.05) is 11.6 Å². The molecule has 1 N–H and O–H groups in total. The van der Waals surface area contributed by atoms with E-state index in [4.69, 9.17) is 16.7 Å². The Hall–Kier alpha value is -0.260.